The van der Waals surface area contributed by atoms with Crippen molar-refractivity contribution in [1.82, 2.24) is 4.90 Å². The molecule has 0 aromatic carbocycles. The van der Waals surface area contributed by atoms with Crippen LogP contribution in [0.1, 0.15) is 64.2 Å². The summed E-state index contributed by atoms with van der Waals surface area (Å²) in [4.78, 5) is 26.4. The van der Waals surface area contributed by atoms with Gasteiger partial charge in [-0.1, -0.05) is 12.8 Å². The van der Waals surface area contributed by atoms with Crippen LogP contribution in [0.15, 0.2) is 0 Å². The van der Waals surface area contributed by atoms with Crippen molar-refractivity contribution in [3.8, 4) is 0 Å². The first-order valence-corrected chi connectivity index (χ1v) is 7.70. The molecule has 0 unspecified atom stereocenters. The zero-order chi connectivity index (χ0) is 13.5. The summed E-state index contributed by atoms with van der Waals surface area (Å²) in [5.74, 6) is 0.164. The third kappa shape index (κ3) is 2.42. The predicted molar refractivity (Wildman–Crippen MR) is 72.2 cm³/mol. The Kier molecular flexibility index (Phi) is 3.37. The minimum atomic E-state index is 0.0235. The first kappa shape index (κ1) is 13.1. The summed E-state index contributed by atoms with van der Waals surface area (Å²) in [5.41, 5.74) is 5.93. The molecule has 3 aliphatic rings. The largest absolute Gasteiger partial charge is 0.328 e. The van der Waals surface area contributed by atoms with Crippen molar-refractivity contribution in [3.05, 3.63) is 0 Å². The second-order valence-electron chi connectivity index (χ2n) is 6.79. The molecule has 4 heteroatoms. The van der Waals surface area contributed by atoms with E-state index in [1.807, 2.05) is 0 Å². The monoisotopic (exact) mass is 264 g/mol. The Labute approximate surface area is 114 Å². The average Bonchev–Trinajstić information content (AvgIpc) is 2.78. The Hall–Kier alpha value is -0.900. The molecular weight excluding hydrogens is 240 g/mol. The van der Waals surface area contributed by atoms with Crippen LogP contribution < -0.4 is 5.73 Å². The van der Waals surface area contributed by atoms with Crippen LogP contribution in [0, 0.1) is 5.41 Å². The molecule has 4 nitrogen and oxygen atoms in total. The predicted octanol–water partition coefficient (Wildman–Crippen LogP) is 1.97. The number of amides is 2. The molecule has 1 heterocycles. The molecule has 2 amide bonds. The van der Waals surface area contributed by atoms with Crippen molar-refractivity contribution in [1.29, 1.82) is 0 Å². The van der Waals surface area contributed by atoms with Gasteiger partial charge < -0.3 is 5.73 Å². The van der Waals surface area contributed by atoms with Crippen molar-refractivity contribution in [2.24, 2.45) is 11.1 Å². The molecular formula is C15H24N2O2. The van der Waals surface area contributed by atoms with Crippen LogP contribution in [-0.4, -0.2) is 28.8 Å². The fourth-order valence-corrected chi connectivity index (χ4v) is 4.26. The van der Waals surface area contributed by atoms with Crippen LogP contribution in [0.4, 0.5) is 0 Å². The molecule has 1 saturated heterocycles. The maximum absolute atomic E-state index is 12.4. The molecule has 2 aliphatic carbocycles. The number of carbonyl (C=O) groups is 2. The second-order valence-corrected chi connectivity index (χ2v) is 6.79. The lowest BCUT2D eigenvalue weighted by Gasteiger charge is -2.42. The van der Waals surface area contributed by atoms with Gasteiger partial charge in [-0.2, -0.15) is 0 Å². The topological polar surface area (TPSA) is 63.4 Å². The molecule has 2 N–H and O–H groups in total. The number of nitrogens with two attached hydrogens (primary N) is 1. The highest BCUT2D eigenvalue weighted by Crippen LogP contribution is 2.47. The summed E-state index contributed by atoms with van der Waals surface area (Å²) < 4.78 is 0. The van der Waals surface area contributed by atoms with E-state index >= 15 is 0 Å². The van der Waals surface area contributed by atoms with Gasteiger partial charge in [-0.3, -0.25) is 14.5 Å². The van der Waals surface area contributed by atoms with Crippen molar-refractivity contribution in [2.75, 3.05) is 0 Å². The number of rotatable bonds is 1. The van der Waals surface area contributed by atoms with Crippen molar-refractivity contribution in [3.63, 3.8) is 0 Å². The first-order valence-electron chi connectivity index (χ1n) is 7.70. The summed E-state index contributed by atoms with van der Waals surface area (Å²) in [6.45, 7) is 0. The van der Waals surface area contributed by atoms with Crippen molar-refractivity contribution in [2.45, 2.75) is 76.3 Å². The van der Waals surface area contributed by atoms with Crippen LogP contribution >= 0.6 is 0 Å². The van der Waals surface area contributed by atoms with E-state index in [1.165, 1.54) is 12.8 Å². The van der Waals surface area contributed by atoms with E-state index in [-0.39, 0.29) is 29.3 Å². The lowest BCUT2D eigenvalue weighted by molar-refractivity contribution is -0.157. The molecule has 1 spiro atoms. The molecule has 0 atom stereocenters. The Balaban J connectivity index is 1.70. The number of piperidine rings is 1. The Morgan fingerprint density at radius 2 is 1.47 bits per heavy atom. The minimum absolute atomic E-state index is 0.0235. The number of nitrogens with zero attached hydrogens (tertiary/aromatic N) is 1. The van der Waals surface area contributed by atoms with Gasteiger partial charge in [0.2, 0.25) is 11.8 Å². The zero-order valence-electron chi connectivity index (χ0n) is 11.6. The maximum atomic E-state index is 12.4. The number of imide groups is 1. The summed E-state index contributed by atoms with van der Waals surface area (Å²) >= 11 is 0. The minimum Gasteiger partial charge on any atom is -0.328 e. The van der Waals surface area contributed by atoms with E-state index in [9.17, 15) is 9.59 Å². The number of hydrogen-bond acceptors (Lipinski definition) is 3. The van der Waals surface area contributed by atoms with Gasteiger partial charge in [-0.15, -0.1) is 0 Å². The second kappa shape index (κ2) is 4.89. The summed E-state index contributed by atoms with van der Waals surface area (Å²) in [6.07, 6.45) is 9.35. The SMILES string of the molecule is NC1CCC(N2C(=O)CC3(CCCC3)CC2=O)CC1. The van der Waals surface area contributed by atoms with Crippen LogP contribution in [0.5, 0.6) is 0 Å². The number of hydrogen-bond donors (Lipinski definition) is 1. The van der Waals surface area contributed by atoms with Crippen molar-refractivity contribution < 1.29 is 9.59 Å². The lowest BCUT2D eigenvalue weighted by Crippen LogP contribution is -2.53. The Bertz CT molecular complexity index is 360. The van der Waals surface area contributed by atoms with Gasteiger partial charge in [-0.25, -0.2) is 0 Å². The molecule has 0 aromatic heterocycles. The molecule has 0 bridgehead atoms. The van der Waals surface area contributed by atoms with Crippen LogP contribution in [0.2, 0.25) is 0 Å². The van der Waals surface area contributed by atoms with Crippen LogP contribution in [0.25, 0.3) is 0 Å². The van der Waals surface area contributed by atoms with E-state index in [0.29, 0.717) is 12.8 Å². The molecule has 106 valence electrons. The van der Waals surface area contributed by atoms with Gasteiger partial charge in [0.25, 0.3) is 0 Å². The molecule has 19 heavy (non-hydrogen) atoms. The van der Waals surface area contributed by atoms with Gasteiger partial charge in [-0.05, 0) is 43.9 Å². The first-order chi connectivity index (χ1) is 9.10. The molecule has 2 saturated carbocycles. The van der Waals surface area contributed by atoms with E-state index < -0.39 is 0 Å². The standard InChI is InChI=1S/C15H24N2O2/c16-11-3-5-12(6-4-11)17-13(18)9-15(10-14(17)19)7-1-2-8-15/h11-12H,1-10,16H2. The van der Waals surface area contributed by atoms with Crippen LogP contribution in [-0.2, 0) is 9.59 Å². The lowest BCUT2D eigenvalue weighted by atomic mass is 9.75. The summed E-state index contributed by atoms with van der Waals surface area (Å²) in [5, 5.41) is 0. The third-order valence-corrected chi connectivity index (χ3v) is 5.36. The zero-order valence-corrected chi connectivity index (χ0v) is 11.6. The normalized spacial score (nSPS) is 35.1. The van der Waals surface area contributed by atoms with E-state index in [1.54, 1.807) is 4.90 Å². The molecule has 3 rings (SSSR count). The van der Waals surface area contributed by atoms with Crippen LogP contribution in [0.3, 0.4) is 0 Å². The fourth-order valence-electron chi connectivity index (χ4n) is 4.26. The number of carbonyl (C=O) groups excluding carboxylic acids is 2. The van der Waals surface area contributed by atoms with Crippen molar-refractivity contribution >= 4 is 11.8 Å². The summed E-state index contributed by atoms with van der Waals surface area (Å²) in [7, 11) is 0. The van der Waals surface area contributed by atoms with E-state index in [2.05, 4.69) is 0 Å². The molecule has 0 radical (unpaired) electrons. The highest BCUT2D eigenvalue weighted by atomic mass is 16.2. The van der Waals surface area contributed by atoms with E-state index in [4.69, 9.17) is 5.73 Å². The van der Waals surface area contributed by atoms with Gasteiger partial charge in [0, 0.05) is 24.9 Å². The quantitative estimate of drug-likeness (QED) is 0.736. The van der Waals surface area contributed by atoms with Gasteiger partial charge >= 0.3 is 0 Å². The fraction of sp³-hybridized carbons (Fsp3) is 0.867. The maximum Gasteiger partial charge on any atom is 0.229 e. The van der Waals surface area contributed by atoms with Gasteiger partial charge in [0.1, 0.15) is 0 Å². The van der Waals surface area contributed by atoms with E-state index in [0.717, 1.165) is 38.5 Å². The molecule has 3 fully saturated rings. The smallest absolute Gasteiger partial charge is 0.229 e. The molecule has 0 aromatic rings. The average molecular weight is 264 g/mol. The van der Waals surface area contributed by atoms with Gasteiger partial charge in [0.05, 0.1) is 0 Å². The summed E-state index contributed by atoms with van der Waals surface area (Å²) in [6, 6.07) is 0.381. The highest BCUT2D eigenvalue weighted by Gasteiger charge is 2.47. The third-order valence-electron chi connectivity index (χ3n) is 5.36. The highest BCUT2D eigenvalue weighted by molar-refractivity contribution is 5.99. The Morgan fingerprint density at radius 3 is 2.00 bits per heavy atom. The molecule has 1 aliphatic heterocycles. The number of likely N-dealkylation sites (tertiary alicyclic amines) is 1. The van der Waals surface area contributed by atoms with Gasteiger partial charge in [0.15, 0.2) is 0 Å². The Morgan fingerprint density at radius 1 is 0.947 bits per heavy atom.